The van der Waals surface area contributed by atoms with Gasteiger partial charge in [0, 0.05) is 6.20 Å². The summed E-state index contributed by atoms with van der Waals surface area (Å²) in [4.78, 5) is 41.1. The molecule has 5 atom stereocenters. The van der Waals surface area contributed by atoms with Crippen molar-refractivity contribution >= 4 is 21.5 Å². The van der Waals surface area contributed by atoms with Gasteiger partial charge in [-0.1, -0.05) is 6.10 Å². The minimum absolute atomic E-state index is 0. The van der Waals surface area contributed by atoms with E-state index in [2.05, 4.69) is 13.8 Å². The van der Waals surface area contributed by atoms with Crippen molar-refractivity contribution in [3.05, 3.63) is 22.7 Å². The maximum atomic E-state index is 12.0. The van der Waals surface area contributed by atoms with Crippen LogP contribution < -0.4 is 80.8 Å². The second kappa shape index (κ2) is 10.7. The first-order chi connectivity index (χ1) is 11.4. The second-order valence-corrected chi connectivity index (χ2v) is 7.70. The van der Waals surface area contributed by atoms with Crippen LogP contribution in [-0.2, 0) is 22.7 Å². The van der Waals surface area contributed by atoms with E-state index in [-0.39, 0.29) is 64.9 Å². The number of hydrogen-bond acceptors (Lipinski definition) is 10. The van der Waals surface area contributed by atoms with Crippen LogP contribution in [0.2, 0.25) is 0 Å². The van der Waals surface area contributed by atoms with Gasteiger partial charge in [0.1, 0.15) is 12.0 Å². The molecule has 1 aliphatic heterocycles. The molecule has 18 heteroatoms. The van der Waals surface area contributed by atoms with E-state index in [1.807, 2.05) is 0 Å². The molecule has 0 aromatic carbocycles. The first-order valence-electron chi connectivity index (χ1n) is 6.45. The van der Waals surface area contributed by atoms with E-state index in [0.29, 0.717) is 0 Å². The van der Waals surface area contributed by atoms with Crippen molar-refractivity contribution in [1.29, 1.82) is 0 Å². The molecule has 0 aliphatic carbocycles. The Labute approximate surface area is 196 Å². The van der Waals surface area contributed by atoms with Gasteiger partial charge in [-0.3, -0.25) is 9.09 Å². The Balaban J connectivity index is 0.00000338. The summed E-state index contributed by atoms with van der Waals surface area (Å²) in [5.74, 6) is -0.115. The van der Waals surface area contributed by atoms with E-state index in [1.54, 1.807) is 0 Å². The number of ether oxygens (including phenoxy) is 1. The maximum Gasteiger partial charge on any atom is 1.00 e. The Bertz CT molecular complexity index is 789. The molecule has 1 aromatic heterocycles. The van der Waals surface area contributed by atoms with Crippen LogP contribution in [-0.4, -0.2) is 49.2 Å². The Morgan fingerprint density at radius 2 is 1.85 bits per heavy atom. The summed E-state index contributed by atoms with van der Waals surface area (Å²) >= 11 is 0. The van der Waals surface area contributed by atoms with Crippen molar-refractivity contribution in [2.45, 2.75) is 24.5 Å². The van der Waals surface area contributed by atoms with Crippen molar-refractivity contribution in [2.24, 2.45) is 0 Å². The third-order valence-electron chi connectivity index (χ3n) is 3.02. The number of aromatic nitrogens is 2. The number of rotatable bonds is 6. The monoisotopic (exact) mass is 447 g/mol. The average Bonchev–Trinajstić information content (AvgIpc) is 2.71. The van der Waals surface area contributed by atoms with E-state index in [4.69, 9.17) is 25.2 Å². The molecule has 2 rings (SSSR count). The smallest absolute Gasteiger partial charge is 0.851 e. The van der Waals surface area contributed by atoms with Gasteiger partial charge in [-0.25, -0.2) is 13.9 Å². The van der Waals surface area contributed by atoms with Crippen LogP contribution in [0.25, 0.3) is 0 Å². The summed E-state index contributed by atoms with van der Waals surface area (Å²) in [5.41, 5.74) is 4.35. The molecule has 1 fully saturated rings. The van der Waals surface area contributed by atoms with Gasteiger partial charge in [-0.2, -0.15) is 9.29 Å². The summed E-state index contributed by atoms with van der Waals surface area (Å²) in [7, 11) is -10.5. The van der Waals surface area contributed by atoms with Gasteiger partial charge in [0.15, 0.2) is 0 Å². The Morgan fingerprint density at radius 1 is 1.26 bits per heavy atom. The van der Waals surface area contributed by atoms with Gasteiger partial charge < -0.3 is 35.4 Å². The van der Waals surface area contributed by atoms with Crippen molar-refractivity contribution in [2.75, 3.05) is 12.3 Å². The minimum atomic E-state index is -5.33. The molecule has 0 saturated carbocycles. The van der Waals surface area contributed by atoms with Gasteiger partial charge in [-0.15, -0.1) is 6.10 Å². The van der Waals surface area contributed by atoms with E-state index in [1.165, 1.54) is 6.07 Å². The third-order valence-corrected chi connectivity index (χ3v) is 5.17. The fraction of sp³-hybridized carbons (Fsp3) is 0.556. The molecule has 2 heterocycles. The molecular formula is C9H13N3Na2O11P2. The fourth-order valence-corrected chi connectivity index (χ4v) is 3.61. The number of nitrogen functional groups attached to an aromatic ring is 1. The Hall–Kier alpha value is 0.820. The molecule has 142 valence electrons. The number of phosphoric acid groups is 2. The van der Waals surface area contributed by atoms with Crippen LogP contribution in [0.4, 0.5) is 5.82 Å². The molecule has 1 unspecified atom stereocenters. The molecule has 0 bridgehead atoms. The van der Waals surface area contributed by atoms with Crippen molar-refractivity contribution in [1.82, 2.24) is 9.55 Å². The first kappa shape index (κ1) is 27.8. The zero-order valence-electron chi connectivity index (χ0n) is 14.1. The molecule has 0 amide bonds. The van der Waals surface area contributed by atoms with E-state index in [0.717, 1.165) is 10.8 Å². The standard InChI is InChI=1S/C9H13N3O11P2.2Na/c10-5-1-2-12(9(15)11-5)8-7(14)6(13)4(22-8)3-21-25(19,20)23-24(16,17)18;;/h1-2,4,6-8H,3H2,(H,19,20)(H2,10,11,15)(H2,16,17,18);;/q-2;2*+1/t4-,6-,7-,8-;;/m1../s1. The molecule has 1 aliphatic rings. The van der Waals surface area contributed by atoms with Gasteiger partial charge in [0.05, 0.1) is 12.7 Å². The Morgan fingerprint density at radius 3 is 2.37 bits per heavy atom. The molecule has 27 heavy (non-hydrogen) atoms. The molecule has 1 saturated heterocycles. The summed E-state index contributed by atoms with van der Waals surface area (Å²) in [6.45, 7) is -0.978. The molecular weight excluding hydrogens is 434 g/mol. The molecule has 14 nitrogen and oxygen atoms in total. The van der Waals surface area contributed by atoms with Crippen LogP contribution >= 0.6 is 15.6 Å². The van der Waals surface area contributed by atoms with Crippen LogP contribution in [0.3, 0.4) is 0 Å². The van der Waals surface area contributed by atoms with Gasteiger partial charge >= 0.3 is 80.4 Å². The van der Waals surface area contributed by atoms with Crippen LogP contribution in [0.15, 0.2) is 17.1 Å². The number of anilines is 1. The Kier molecular flexibility index (Phi) is 11.1. The van der Waals surface area contributed by atoms with Gasteiger partial charge in [0.2, 0.25) is 0 Å². The summed E-state index contributed by atoms with van der Waals surface area (Å²) in [6.07, 6.45) is -6.07. The molecule has 5 N–H and O–H groups in total. The van der Waals surface area contributed by atoms with E-state index in [9.17, 15) is 24.1 Å². The fourth-order valence-electron chi connectivity index (χ4n) is 2.01. The zero-order chi connectivity index (χ0) is 19.0. The van der Waals surface area contributed by atoms with Crippen LogP contribution in [0.5, 0.6) is 0 Å². The average molecular weight is 447 g/mol. The van der Waals surface area contributed by atoms with E-state index >= 15 is 0 Å². The second-order valence-electron chi connectivity index (χ2n) is 4.87. The minimum Gasteiger partial charge on any atom is -0.851 e. The molecule has 0 radical (unpaired) electrons. The maximum absolute atomic E-state index is 12.0. The SMILES string of the molecule is Nc1ccn([C@@H]2O[C@H](COP(=O)(O)OP(=O)(O)O)[C@@H]([O-])[C@H]2[O-])c(=O)n1.[Na+].[Na+]. The zero-order valence-corrected chi connectivity index (χ0v) is 19.9. The first-order valence-corrected chi connectivity index (χ1v) is 9.48. The summed E-state index contributed by atoms with van der Waals surface area (Å²) in [6, 6.07) is 1.19. The van der Waals surface area contributed by atoms with Crippen molar-refractivity contribution < 1.29 is 107 Å². The molecule has 1 aromatic rings. The third kappa shape index (κ3) is 7.87. The van der Waals surface area contributed by atoms with Gasteiger partial charge in [-0.05, 0) is 6.07 Å². The van der Waals surface area contributed by atoms with Crippen LogP contribution in [0, 0.1) is 0 Å². The summed E-state index contributed by atoms with van der Waals surface area (Å²) in [5, 5.41) is 23.9. The predicted molar refractivity (Wildman–Crippen MR) is 73.3 cm³/mol. The number of phosphoric ester groups is 1. The summed E-state index contributed by atoms with van der Waals surface area (Å²) < 4.78 is 35.4. The normalized spacial score (nSPS) is 27.3. The number of nitrogens with two attached hydrogens (primary N) is 1. The number of nitrogens with zero attached hydrogens (tertiary/aromatic N) is 2. The van der Waals surface area contributed by atoms with Gasteiger partial charge in [0.25, 0.3) is 0 Å². The number of hydrogen-bond donors (Lipinski definition) is 4. The predicted octanol–water partition coefficient (Wildman–Crippen LogP) is -9.59. The van der Waals surface area contributed by atoms with Crippen LogP contribution in [0.1, 0.15) is 6.23 Å². The largest absolute Gasteiger partial charge is 1.00 e. The topological polar surface area (TPSA) is 230 Å². The quantitative estimate of drug-likeness (QED) is 0.235. The van der Waals surface area contributed by atoms with Crippen molar-refractivity contribution in [3.63, 3.8) is 0 Å². The van der Waals surface area contributed by atoms with Crippen molar-refractivity contribution in [3.8, 4) is 0 Å². The molecule has 0 spiro atoms. The van der Waals surface area contributed by atoms with E-state index < -0.39 is 52.5 Å².